The minimum atomic E-state index is 0.557. The number of fused-ring (bicyclic) bond motifs is 9. The van der Waals surface area contributed by atoms with Crippen molar-refractivity contribution in [1.82, 2.24) is 19.5 Å². The number of nitrogens with zero attached hydrogens (tertiary/aromatic N) is 4. The Bertz CT molecular complexity index is 3410. The van der Waals surface area contributed by atoms with Gasteiger partial charge in [-0.2, -0.15) is 0 Å². The maximum Gasteiger partial charge on any atom is 0.167 e. The topological polar surface area (TPSA) is 69.9 Å². The lowest BCUT2D eigenvalue weighted by molar-refractivity contribution is 0.666. The van der Waals surface area contributed by atoms with Gasteiger partial charge in [0.15, 0.2) is 23.1 Å². The fraction of sp³-hybridized carbons (Fsp3) is 0. The number of para-hydroxylation sites is 4. The molecule has 6 heteroatoms. The number of furan rings is 2. The zero-order chi connectivity index (χ0) is 37.5. The van der Waals surface area contributed by atoms with Gasteiger partial charge in [0, 0.05) is 43.4 Å². The Hall–Kier alpha value is -7.83. The minimum Gasteiger partial charge on any atom is -0.455 e. The van der Waals surface area contributed by atoms with Crippen LogP contribution in [0.5, 0.6) is 0 Å². The third-order valence-electron chi connectivity index (χ3n) is 11.1. The minimum absolute atomic E-state index is 0.557. The average Bonchev–Trinajstić information content (AvgIpc) is 3.96. The molecule has 0 aliphatic carbocycles. The fourth-order valence-corrected chi connectivity index (χ4v) is 8.50. The number of benzene rings is 8. The van der Waals surface area contributed by atoms with Gasteiger partial charge in [-0.15, -0.1) is 0 Å². The molecule has 4 heterocycles. The van der Waals surface area contributed by atoms with Crippen molar-refractivity contribution in [3.05, 3.63) is 182 Å². The van der Waals surface area contributed by atoms with Crippen molar-refractivity contribution < 1.29 is 8.83 Å². The van der Waals surface area contributed by atoms with E-state index >= 15 is 0 Å². The van der Waals surface area contributed by atoms with Gasteiger partial charge in [-0.3, -0.25) is 0 Å². The van der Waals surface area contributed by atoms with E-state index in [1.807, 2.05) is 72.8 Å². The van der Waals surface area contributed by atoms with Gasteiger partial charge in [0.05, 0.1) is 22.3 Å². The predicted octanol–water partition coefficient (Wildman–Crippen LogP) is 13.4. The van der Waals surface area contributed by atoms with Crippen molar-refractivity contribution in [2.24, 2.45) is 0 Å². The summed E-state index contributed by atoms with van der Waals surface area (Å²) in [6, 6.07) is 62.6. The van der Waals surface area contributed by atoms with Gasteiger partial charge in [-0.25, -0.2) is 15.0 Å². The highest BCUT2D eigenvalue weighted by Crippen LogP contribution is 2.43. The largest absolute Gasteiger partial charge is 0.455 e. The Morgan fingerprint density at radius 2 is 0.912 bits per heavy atom. The summed E-state index contributed by atoms with van der Waals surface area (Å²) in [5.74, 6) is 1.77. The second-order valence-corrected chi connectivity index (χ2v) is 14.3. The molecule has 0 radical (unpaired) electrons. The molecule has 0 amide bonds. The maximum atomic E-state index is 6.80. The van der Waals surface area contributed by atoms with E-state index in [9.17, 15) is 0 Å². The summed E-state index contributed by atoms with van der Waals surface area (Å²) in [6.45, 7) is 0. The Labute approximate surface area is 325 Å². The SMILES string of the molecule is c1ccc(-c2nc(-c3ccccc3)nc(-c3cccc4c3oc3ccc(-c5cccc6oc7c(-n8c9ccccc9c9ccccc98)cccc7c56)cc34)n2)cc1. The molecule has 0 spiro atoms. The van der Waals surface area contributed by atoms with Crippen molar-refractivity contribution in [3.8, 4) is 51.0 Å². The monoisotopic (exact) mass is 730 g/mol. The highest BCUT2D eigenvalue weighted by atomic mass is 16.3. The van der Waals surface area contributed by atoms with Crippen molar-refractivity contribution in [2.45, 2.75) is 0 Å². The standard InChI is InChI=1S/C51H30N4O2/c1-3-14-31(15-4-1)49-52-50(32-16-5-2-6-17-32)54-51(53-49)39-23-11-21-37-40-30-33(28-29-44(40)56-47(37)39)34-20-13-27-45-46(34)38-22-12-26-43(48(38)57-45)55-41-24-9-7-18-35(41)36-19-8-10-25-42(36)55/h1-30H. The lowest BCUT2D eigenvalue weighted by Gasteiger charge is -2.08. The van der Waals surface area contributed by atoms with E-state index in [1.165, 1.54) is 10.8 Å². The number of aromatic nitrogens is 4. The maximum absolute atomic E-state index is 6.80. The number of rotatable bonds is 5. The smallest absolute Gasteiger partial charge is 0.167 e. The molecular formula is C51H30N4O2. The van der Waals surface area contributed by atoms with E-state index < -0.39 is 0 Å². The molecule has 0 saturated heterocycles. The van der Waals surface area contributed by atoms with E-state index in [0.717, 1.165) is 88.4 Å². The van der Waals surface area contributed by atoms with Crippen LogP contribution in [0.2, 0.25) is 0 Å². The second kappa shape index (κ2) is 12.3. The number of hydrogen-bond donors (Lipinski definition) is 0. The molecule has 0 N–H and O–H groups in total. The molecule has 0 aliphatic heterocycles. The summed E-state index contributed by atoms with van der Waals surface area (Å²) in [5, 5.41) is 6.59. The first-order valence-electron chi connectivity index (χ1n) is 19.0. The van der Waals surface area contributed by atoms with Crippen molar-refractivity contribution in [1.29, 1.82) is 0 Å². The normalized spacial score (nSPS) is 11.9. The van der Waals surface area contributed by atoms with Crippen molar-refractivity contribution in [3.63, 3.8) is 0 Å². The highest BCUT2D eigenvalue weighted by Gasteiger charge is 2.21. The first-order valence-corrected chi connectivity index (χ1v) is 19.0. The van der Waals surface area contributed by atoms with E-state index in [1.54, 1.807) is 0 Å². The van der Waals surface area contributed by atoms with Crippen molar-refractivity contribution >= 4 is 65.7 Å². The molecule has 0 aliphatic rings. The van der Waals surface area contributed by atoms with Crippen LogP contribution in [0.25, 0.3) is 117 Å². The van der Waals surface area contributed by atoms with Gasteiger partial charge in [0.1, 0.15) is 16.7 Å². The van der Waals surface area contributed by atoms with Crippen LogP contribution >= 0.6 is 0 Å². The van der Waals surface area contributed by atoms with Crippen LogP contribution in [0.3, 0.4) is 0 Å². The number of hydrogen-bond acceptors (Lipinski definition) is 5. The molecule has 8 aromatic carbocycles. The summed E-state index contributed by atoms with van der Waals surface area (Å²) < 4.78 is 15.8. The molecule has 12 rings (SSSR count). The van der Waals surface area contributed by atoms with Gasteiger partial charge >= 0.3 is 0 Å². The van der Waals surface area contributed by atoms with Gasteiger partial charge in [-0.1, -0.05) is 140 Å². The molecule has 4 aromatic heterocycles. The second-order valence-electron chi connectivity index (χ2n) is 14.3. The summed E-state index contributed by atoms with van der Waals surface area (Å²) in [5.41, 5.74) is 11.3. The van der Waals surface area contributed by atoms with Crippen LogP contribution in [0, 0.1) is 0 Å². The van der Waals surface area contributed by atoms with Crippen LogP contribution in [0.1, 0.15) is 0 Å². The van der Waals surface area contributed by atoms with E-state index in [0.29, 0.717) is 17.5 Å². The first kappa shape index (κ1) is 31.5. The molecule has 0 fully saturated rings. The molecule has 266 valence electrons. The lowest BCUT2D eigenvalue weighted by atomic mass is 9.97. The van der Waals surface area contributed by atoms with E-state index in [4.69, 9.17) is 23.8 Å². The molecule has 0 bridgehead atoms. The first-order chi connectivity index (χ1) is 28.3. The van der Waals surface area contributed by atoms with Gasteiger partial charge in [0.25, 0.3) is 0 Å². The van der Waals surface area contributed by atoms with Crippen molar-refractivity contribution in [2.75, 3.05) is 0 Å². The highest BCUT2D eigenvalue weighted by molar-refractivity contribution is 6.17. The zero-order valence-corrected chi connectivity index (χ0v) is 30.4. The third-order valence-corrected chi connectivity index (χ3v) is 11.1. The van der Waals surface area contributed by atoms with Crippen LogP contribution in [-0.4, -0.2) is 19.5 Å². The zero-order valence-electron chi connectivity index (χ0n) is 30.4. The van der Waals surface area contributed by atoms with E-state index in [2.05, 4.69) is 114 Å². The average molecular weight is 731 g/mol. The van der Waals surface area contributed by atoms with Gasteiger partial charge in [0.2, 0.25) is 0 Å². The fourth-order valence-electron chi connectivity index (χ4n) is 8.50. The van der Waals surface area contributed by atoms with Crippen LogP contribution in [0.4, 0.5) is 0 Å². The van der Waals surface area contributed by atoms with E-state index in [-0.39, 0.29) is 0 Å². The lowest BCUT2D eigenvalue weighted by Crippen LogP contribution is -2.00. The third kappa shape index (κ3) is 4.87. The Morgan fingerprint density at radius 3 is 1.63 bits per heavy atom. The predicted molar refractivity (Wildman–Crippen MR) is 230 cm³/mol. The van der Waals surface area contributed by atoms with Gasteiger partial charge < -0.3 is 13.4 Å². The quantitative estimate of drug-likeness (QED) is 0.176. The molecule has 57 heavy (non-hydrogen) atoms. The molecule has 0 unspecified atom stereocenters. The summed E-state index contributed by atoms with van der Waals surface area (Å²) >= 11 is 0. The molecule has 12 aromatic rings. The summed E-state index contributed by atoms with van der Waals surface area (Å²) in [7, 11) is 0. The molecule has 0 saturated carbocycles. The van der Waals surface area contributed by atoms with Crippen LogP contribution in [0.15, 0.2) is 191 Å². The Balaban J connectivity index is 1.03. The summed E-state index contributed by atoms with van der Waals surface area (Å²) in [6.07, 6.45) is 0. The Kier molecular flexibility index (Phi) is 6.83. The summed E-state index contributed by atoms with van der Waals surface area (Å²) in [4.78, 5) is 14.9. The van der Waals surface area contributed by atoms with Crippen LogP contribution in [-0.2, 0) is 0 Å². The molecule has 0 atom stereocenters. The molecule has 6 nitrogen and oxygen atoms in total. The Morgan fingerprint density at radius 1 is 0.351 bits per heavy atom. The van der Waals surface area contributed by atoms with Crippen LogP contribution < -0.4 is 0 Å². The molecular weight excluding hydrogens is 701 g/mol. The van der Waals surface area contributed by atoms with Gasteiger partial charge in [-0.05, 0) is 53.6 Å².